The Balaban J connectivity index is -0.000000113. The van der Waals surface area contributed by atoms with Gasteiger partial charge in [-0.1, -0.05) is 48.5 Å². The molecule has 0 bridgehead atoms. The van der Waals surface area contributed by atoms with E-state index in [1.54, 1.807) is 0 Å². The topological polar surface area (TPSA) is 192 Å². The van der Waals surface area contributed by atoms with Crippen molar-refractivity contribution in [2.24, 2.45) is 0 Å². The zero-order valence-corrected chi connectivity index (χ0v) is 24.4. The van der Waals surface area contributed by atoms with Crippen LogP contribution >= 0.6 is 0 Å². The third-order valence-corrected chi connectivity index (χ3v) is 2.73. The van der Waals surface area contributed by atoms with Gasteiger partial charge < -0.3 is 45.1 Å². The van der Waals surface area contributed by atoms with Gasteiger partial charge in [0.1, 0.15) is 0 Å². The molecule has 0 atom stereocenters. The van der Waals surface area contributed by atoms with Crippen LogP contribution in [-0.4, -0.2) is 29.4 Å². The van der Waals surface area contributed by atoms with E-state index in [4.69, 9.17) is 0 Å². The van der Waals surface area contributed by atoms with Gasteiger partial charge in [0.05, 0.1) is 23.9 Å². The molecule has 0 aliphatic carbocycles. The molecule has 0 fully saturated rings. The van der Waals surface area contributed by atoms with E-state index in [2.05, 4.69) is 0 Å². The first-order chi connectivity index (χ1) is 11.3. The van der Waals surface area contributed by atoms with E-state index in [9.17, 15) is 39.6 Å². The van der Waals surface area contributed by atoms with Gasteiger partial charge in [-0.25, -0.2) is 0 Å². The normalized spacial score (nSPS) is 7.72. The Morgan fingerprint density at radius 1 is 0.448 bits per heavy atom. The van der Waals surface area contributed by atoms with Crippen LogP contribution in [0.3, 0.4) is 0 Å². The van der Waals surface area contributed by atoms with Gasteiger partial charge in [-0.3, -0.25) is 0 Å². The van der Waals surface area contributed by atoms with E-state index in [0.717, 1.165) is 24.3 Å². The summed E-state index contributed by atoms with van der Waals surface area (Å²) in [5.74, 6) is -6.07. The SMILES string of the molecule is O.O=C([O-])c1ccccc1C(=O)[O-].O=C([O-])c1ccccc1C(=O)[O-].[Na+].[Na+].[Na+].[Na+]. The van der Waals surface area contributed by atoms with E-state index < -0.39 is 23.9 Å². The predicted molar refractivity (Wildman–Crippen MR) is 73.8 cm³/mol. The molecule has 13 heteroatoms. The van der Waals surface area contributed by atoms with E-state index in [-0.39, 0.29) is 146 Å². The summed E-state index contributed by atoms with van der Waals surface area (Å²) < 4.78 is 0. The summed E-state index contributed by atoms with van der Waals surface area (Å²) >= 11 is 0. The number of carboxylic acids is 4. The monoisotopic (exact) mass is 438 g/mol. The van der Waals surface area contributed by atoms with Crippen molar-refractivity contribution in [2.45, 2.75) is 0 Å². The Morgan fingerprint density at radius 2 is 0.586 bits per heavy atom. The van der Waals surface area contributed by atoms with E-state index >= 15 is 0 Å². The summed E-state index contributed by atoms with van der Waals surface area (Å²) in [5.41, 5.74) is -1.45. The average Bonchev–Trinajstić information content (AvgIpc) is 2.55. The standard InChI is InChI=1S/2C8H6O4.4Na.H2O/c2*9-7(10)5-3-1-2-4-6(5)8(11)12;;;;;/h2*1-4H,(H,9,10)(H,11,12);;;;;1H2/q;;4*+1;/p-4. The Hall–Kier alpha value is 0.280. The Kier molecular flexibility index (Phi) is 27.7. The molecule has 9 nitrogen and oxygen atoms in total. The second kappa shape index (κ2) is 20.2. The number of hydrogen-bond donors (Lipinski definition) is 0. The summed E-state index contributed by atoms with van der Waals surface area (Å²) in [6.07, 6.45) is 0. The Morgan fingerprint density at radius 3 is 0.690 bits per heavy atom. The van der Waals surface area contributed by atoms with Crippen LogP contribution in [0, 0.1) is 0 Å². The molecule has 0 aliphatic heterocycles. The molecule has 0 spiro atoms. The summed E-state index contributed by atoms with van der Waals surface area (Å²) in [4.78, 5) is 41.3. The van der Waals surface area contributed by atoms with Gasteiger partial charge in [-0.2, -0.15) is 0 Å². The molecule has 0 aliphatic rings. The van der Waals surface area contributed by atoms with Crippen LogP contribution < -0.4 is 139 Å². The van der Waals surface area contributed by atoms with E-state index in [1.165, 1.54) is 24.3 Å². The number of benzene rings is 2. The zero-order chi connectivity index (χ0) is 18.3. The fourth-order valence-electron chi connectivity index (χ4n) is 1.68. The van der Waals surface area contributed by atoms with Crippen molar-refractivity contribution in [3.63, 3.8) is 0 Å². The molecule has 2 rings (SSSR count). The van der Waals surface area contributed by atoms with Crippen LogP contribution in [0.25, 0.3) is 0 Å². The van der Waals surface area contributed by atoms with Gasteiger partial charge in [0.15, 0.2) is 0 Å². The Labute approximate surface area is 254 Å². The first-order valence-corrected chi connectivity index (χ1v) is 6.29. The fourth-order valence-corrected chi connectivity index (χ4v) is 1.68. The summed E-state index contributed by atoms with van der Waals surface area (Å²) in [6, 6.07) is 10.3. The number of carboxylic acid groups (broad SMARTS) is 4. The number of hydrogen-bond acceptors (Lipinski definition) is 8. The Bertz CT molecular complexity index is 679. The van der Waals surface area contributed by atoms with Crippen LogP contribution in [0.1, 0.15) is 41.4 Å². The summed E-state index contributed by atoms with van der Waals surface area (Å²) in [5, 5.41) is 41.3. The summed E-state index contributed by atoms with van der Waals surface area (Å²) in [7, 11) is 0. The molecule has 2 aromatic rings. The largest absolute Gasteiger partial charge is 1.00 e. The van der Waals surface area contributed by atoms with Gasteiger partial charge in [-0.15, -0.1) is 0 Å². The van der Waals surface area contributed by atoms with Gasteiger partial charge in [0.2, 0.25) is 0 Å². The van der Waals surface area contributed by atoms with Crippen LogP contribution in [0.5, 0.6) is 0 Å². The molecule has 2 N–H and O–H groups in total. The molecular formula is C16H10Na4O9. The molecule has 0 unspecified atom stereocenters. The van der Waals surface area contributed by atoms with Gasteiger partial charge in [-0.05, 0) is 0 Å². The third-order valence-electron chi connectivity index (χ3n) is 2.73. The second-order valence-corrected chi connectivity index (χ2v) is 4.24. The van der Waals surface area contributed by atoms with Crippen molar-refractivity contribution in [1.29, 1.82) is 0 Å². The zero-order valence-electron chi connectivity index (χ0n) is 16.4. The molecule has 29 heavy (non-hydrogen) atoms. The molecule has 0 heterocycles. The van der Waals surface area contributed by atoms with Crippen molar-refractivity contribution < 1.29 is 163 Å². The third kappa shape index (κ3) is 13.3. The first kappa shape index (κ1) is 39.7. The maximum atomic E-state index is 10.3. The van der Waals surface area contributed by atoms with Crippen LogP contribution in [0.2, 0.25) is 0 Å². The first-order valence-electron chi connectivity index (χ1n) is 6.29. The fraction of sp³-hybridized carbons (Fsp3) is 0. The minimum Gasteiger partial charge on any atom is -0.545 e. The molecule has 0 radical (unpaired) electrons. The van der Waals surface area contributed by atoms with Gasteiger partial charge >= 0.3 is 118 Å². The molecule has 0 saturated carbocycles. The van der Waals surface area contributed by atoms with Gasteiger partial charge in [0, 0.05) is 22.3 Å². The minimum absolute atomic E-state index is 0. The van der Waals surface area contributed by atoms with E-state index in [0.29, 0.717) is 0 Å². The number of carbonyl (C=O) groups excluding carboxylic acids is 4. The summed E-state index contributed by atoms with van der Waals surface area (Å²) in [6.45, 7) is 0. The van der Waals surface area contributed by atoms with Crippen molar-refractivity contribution in [2.75, 3.05) is 0 Å². The number of carbonyl (C=O) groups is 4. The van der Waals surface area contributed by atoms with Crippen LogP contribution in [0.15, 0.2) is 48.5 Å². The van der Waals surface area contributed by atoms with Crippen LogP contribution in [-0.2, 0) is 0 Å². The molecule has 132 valence electrons. The molecule has 0 aromatic heterocycles. The van der Waals surface area contributed by atoms with Gasteiger partial charge in [0.25, 0.3) is 0 Å². The van der Waals surface area contributed by atoms with Crippen molar-refractivity contribution >= 4 is 23.9 Å². The van der Waals surface area contributed by atoms with Crippen molar-refractivity contribution in [3.8, 4) is 0 Å². The van der Waals surface area contributed by atoms with E-state index in [1.807, 2.05) is 0 Å². The van der Waals surface area contributed by atoms with Crippen molar-refractivity contribution in [1.82, 2.24) is 0 Å². The van der Waals surface area contributed by atoms with Crippen LogP contribution in [0.4, 0.5) is 0 Å². The molecule has 0 saturated heterocycles. The number of aromatic carboxylic acids is 4. The predicted octanol–water partition coefficient (Wildman–Crippen LogP) is -16.0. The number of rotatable bonds is 4. The van der Waals surface area contributed by atoms with Crippen molar-refractivity contribution in [3.05, 3.63) is 70.8 Å². The molecule has 2 aromatic carbocycles. The molecule has 0 amide bonds. The molecular weight excluding hydrogens is 428 g/mol. The minimum atomic E-state index is -1.52. The smallest absolute Gasteiger partial charge is 0.545 e. The maximum absolute atomic E-state index is 10.3. The second-order valence-electron chi connectivity index (χ2n) is 4.24. The quantitative estimate of drug-likeness (QED) is 0.420. The maximum Gasteiger partial charge on any atom is 1.00 e. The average molecular weight is 438 g/mol.